The minimum Gasteiger partial charge on any atom is -0.394 e. The molecular formula is C14H18F2N2O. The molecule has 1 heterocycles. The van der Waals surface area contributed by atoms with E-state index in [1.165, 1.54) is 6.42 Å². The monoisotopic (exact) mass is 268 g/mol. The minimum absolute atomic E-state index is 0.0322. The van der Waals surface area contributed by atoms with E-state index in [1.807, 2.05) is 0 Å². The van der Waals surface area contributed by atoms with Crippen LogP contribution in [0.1, 0.15) is 42.5 Å². The fraction of sp³-hybridized carbons (Fsp3) is 0.500. The van der Waals surface area contributed by atoms with Gasteiger partial charge in [0, 0.05) is 18.7 Å². The van der Waals surface area contributed by atoms with Crippen LogP contribution in [-0.4, -0.2) is 23.9 Å². The van der Waals surface area contributed by atoms with E-state index in [9.17, 15) is 13.6 Å². The number of hydrogen-bond donors (Lipinski definition) is 1. The Bertz CT molecular complexity index is 446. The number of halogens is 2. The van der Waals surface area contributed by atoms with Crippen LogP contribution in [0.15, 0.2) is 12.1 Å². The number of nitrogen functional groups attached to an aromatic ring is 1. The van der Waals surface area contributed by atoms with E-state index < -0.39 is 17.3 Å². The quantitative estimate of drug-likeness (QED) is 0.796. The number of benzene rings is 1. The smallest absolute Gasteiger partial charge is 0.254 e. The zero-order valence-corrected chi connectivity index (χ0v) is 10.8. The van der Waals surface area contributed by atoms with Crippen molar-refractivity contribution in [1.29, 1.82) is 0 Å². The molecule has 0 atom stereocenters. The normalized spacial score (nSPS) is 16.8. The van der Waals surface area contributed by atoms with Gasteiger partial charge in [0.15, 0.2) is 0 Å². The lowest BCUT2D eigenvalue weighted by Gasteiger charge is -2.25. The fourth-order valence-electron chi connectivity index (χ4n) is 2.34. The summed E-state index contributed by atoms with van der Waals surface area (Å²) in [5, 5.41) is 0. The SMILES string of the molecule is Nc1c(F)cc(C(=O)N2CCCCCCC2)cc1F. The van der Waals surface area contributed by atoms with Crippen molar-refractivity contribution in [3.05, 3.63) is 29.3 Å². The molecule has 0 spiro atoms. The third-order valence-corrected chi connectivity index (χ3v) is 3.47. The van der Waals surface area contributed by atoms with Crippen LogP contribution in [0, 0.1) is 11.6 Å². The summed E-state index contributed by atoms with van der Waals surface area (Å²) >= 11 is 0. The molecule has 5 heteroatoms. The molecule has 2 N–H and O–H groups in total. The van der Waals surface area contributed by atoms with Crippen LogP contribution in [0.3, 0.4) is 0 Å². The second-order valence-corrected chi connectivity index (χ2v) is 4.91. The molecule has 104 valence electrons. The van der Waals surface area contributed by atoms with Crippen LogP contribution in [0.25, 0.3) is 0 Å². The third-order valence-electron chi connectivity index (χ3n) is 3.47. The van der Waals surface area contributed by atoms with Crippen molar-refractivity contribution < 1.29 is 13.6 Å². The predicted molar refractivity (Wildman–Crippen MR) is 69.8 cm³/mol. The van der Waals surface area contributed by atoms with E-state index in [2.05, 4.69) is 0 Å². The van der Waals surface area contributed by atoms with E-state index in [0.717, 1.165) is 37.8 Å². The lowest BCUT2D eigenvalue weighted by atomic mass is 10.1. The molecule has 1 aliphatic rings. The molecule has 19 heavy (non-hydrogen) atoms. The van der Waals surface area contributed by atoms with Crippen LogP contribution in [0.4, 0.5) is 14.5 Å². The number of amides is 1. The lowest BCUT2D eigenvalue weighted by molar-refractivity contribution is 0.0741. The molecule has 1 saturated heterocycles. The second-order valence-electron chi connectivity index (χ2n) is 4.91. The van der Waals surface area contributed by atoms with Gasteiger partial charge >= 0.3 is 0 Å². The molecule has 0 aromatic heterocycles. The highest BCUT2D eigenvalue weighted by atomic mass is 19.1. The maximum absolute atomic E-state index is 13.4. The van der Waals surface area contributed by atoms with Crippen LogP contribution in [-0.2, 0) is 0 Å². The Labute approximate surface area is 111 Å². The molecule has 0 unspecified atom stereocenters. The molecule has 2 rings (SSSR count). The molecule has 0 aliphatic carbocycles. The average molecular weight is 268 g/mol. The fourth-order valence-corrected chi connectivity index (χ4v) is 2.34. The first kappa shape index (κ1) is 13.8. The largest absolute Gasteiger partial charge is 0.394 e. The molecule has 1 fully saturated rings. The van der Waals surface area contributed by atoms with E-state index in [1.54, 1.807) is 4.90 Å². The number of hydrogen-bond acceptors (Lipinski definition) is 2. The highest BCUT2D eigenvalue weighted by Crippen LogP contribution is 2.19. The highest BCUT2D eigenvalue weighted by molar-refractivity contribution is 5.94. The number of nitrogens with two attached hydrogens (primary N) is 1. The summed E-state index contributed by atoms with van der Waals surface area (Å²) in [5.41, 5.74) is 4.69. The Morgan fingerprint density at radius 3 is 2.00 bits per heavy atom. The van der Waals surface area contributed by atoms with Gasteiger partial charge in [-0.05, 0) is 25.0 Å². The van der Waals surface area contributed by atoms with Crippen molar-refractivity contribution in [2.45, 2.75) is 32.1 Å². The van der Waals surface area contributed by atoms with Crippen molar-refractivity contribution >= 4 is 11.6 Å². The van der Waals surface area contributed by atoms with Gasteiger partial charge in [0.2, 0.25) is 0 Å². The second kappa shape index (κ2) is 5.99. The van der Waals surface area contributed by atoms with E-state index in [4.69, 9.17) is 5.73 Å². The summed E-state index contributed by atoms with van der Waals surface area (Å²) in [5.74, 6) is -2.08. The molecule has 1 aliphatic heterocycles. The average Bonchev–Trinajstić information content (AvgIpc) is 2.34. The first-order valence-electron chi connectivity index (χ1n) is 6.63. The molecule has 0 bridgehead atoms. The summed E-state index contributed by atoms with van der Waals surface area (Å²) in [4.78, 5) is 13.9. The lowest BCUT2D eigenvalue weighted by Crippen LogP contribution is -2.34. The molecular weight excluding hydrogens is 250 g/mol. The van der Waals surface area contributed by atoms with Crippen molar-refractivity contribution in [1.82, 2.24) is 4.90 Å². The summed E-state index contributed by atoms with van der Waals surface area (Å²) in [6.45, 7) is 1.29. The molecule has 0 saturated carbocycles. The van der Waals surface area contributed by atoms with Crippen LogP contribution >= 0.6 is 0 Å². The number of carbonyl (C=O) groups is 1. The number of anilines is 1. The summed E-state index contributed by atoms with van der Waals surface area (Å²) in [6, 6.07) is 2.03. The van der Waals surface area contributed by atoms with E-state index >= 15 is 0 Å². The first-order chi connectivity index (χ1) is 9.09. The van der Waals surface area contributed by atoms with Gasteiger partial charge in [-0.2, -0.15) is 0 Å². The van der Waals surface area contributed by atoms with Crippen molar-refractivity contribution in [3.8, 4) is 0 Å². The Morgan fingerprint density at radius 2 is 1.47 bits per heavy atom. The van der Waals surface area contributed by atoms with Crippen LogP contribution in [0.5, 0.6) is 0 Å². The van der Waals surface area contributed by atoms with Gasteiger partial charge < -0.3 is 10.6 Å². The minimum atomic E-state index is -0.879. The van der Waals surface area contributed by atoms with Crippen LogP contribution < -0.4 is 5.73 Å². The van der Waals surface area contributed by atoms with Gasteiger partial charge in [-0.1, -0.05) is 19.3 Å². The Hall–Kier alpha value is -1.65. The molecule has 1 amide bonds. The zero-order chi connectivity index (χ0) is 13.8. The van der Waals surface area contributed by atoms with Gasteiger partial charge in [-0.3, -0.25) is 4.79 Å². The summed E-state index contributed by atoms with van der Waals surface area (Å²) < 4.78 is 26.8. The Morgan fingerprint density at radius 1 is 1.00 bits per heavy atom. The van der Waals surface area contributed by atoms with E-state index in [0.29, 0.717) is 13.1 Å². The Balaban J connectivity index is 2.18. The molecule has 3 nitrogen and oxygen atoms in total. The van der Waals surface area contributed by atoms with Crippen molar-refractivity contribution in [2.75, 3.05) is 18.8 Å². The maximum Gasteiger partial charge on any atom is 0.254 e. The number of nitrogens with zero attached hydrogens (tertiary/aromatic N) is 1. The number of likely N-dealkylation sites (tertiary alicyclic amines) is 1. The van der Waals surface area contributed by atoms with Gasteiger partial charge in [0.05, 0.1) is 0 Å². The molecule has 1 aromatic rings. The van der Waals surface area contributed by atoms with Crippen LogP contribution in [0.2, 0.25) is 0 Å². The van der Waals surface area contributed by atoms with Crippen molar-refractivity contribution in [2.24, 2.45) is 0 Å². The maximum atomic E-state index is 13.4. The summed E-state index contributed by atoms with van der Waals surface area (Å²) in [7, 11) is 0. The summed E-state index contributed by atoms with van der Waals surface area (Å²) in [6.07, 6.45) is 5.24. The van der Waals surface area contributed by atoms with Crippen molar-refractivity contribution in [3.63, 3.8) is 0 Å². The first-order valence-corrected chi connectivity index (χ1v) is 6.63. The standard InChI is InChI=1S/C14H18F2N2O/c15-11-8-10(9-12(16)13(11)17)14(19)18-6-4-2-1-3-5-7-18/h8-9H,1-7,17H2. The third kappa shape index (κ3) is 3.22. The van der Waals surface area contributed by atoms with Gasteiger partial charge in [-0.15, -0.1) is 0 Å². The zero-order valence-electron chi connectivity index (χ0n) is 10.8. The molecule has 0 radical (unpaired) electrons. The topological polar surface area (TPSA) is 46.3 Å². The number of carbonyl (C=O) groups excluding carboxylic acids is 1. The van der Waals surface area contributed by atoms with Gasteiger partial charge in [0.25, 0.3) is 5.91 Å². The number of rotatable bonds is 1. The highest BCUT2D eigenvalue weighted by Gasteiger charge is 2.19. The predicted octanol–water partition coefficient (Wildman–Crippen LogP) is 2.95. The Kier molecular flexibility index (Phi) is 4.35. The van der Waals surface area contributed by atoms with E-state index in [-0.39, 0.29) is 11.5 Å². The van der Waals surface area contributed by atoms with Gasteiger partial charge in [0.1, 0.15) is 17.3 Å². The molecule has 1 aromatic carbocycles. The van der Waals surface area contributed by atoms with Gasteiger partial charge in [-0.25, -0.2) is 8.78 Å².